The number of hydrogen-bond acceptors (Lipinski definition) is 6. The number of rotatable bonds is 8. The van der Waals surface area contributed by atoms with Gasteiger partial charge in [-0.2, -0.15) is 0 Å². The van der Waals surface area contributed by atoms with Gasteiger partial charge < -0.3 is 20.3 Å². The first-order valence-electron chi connectivity index (χ1n) is 9.74. The van der Waals surface area contributed by atoms with Crippen molar-refractivity contribution in [3.05, 3.63) is 46.7 Å². The molecule has 154 valence electrons. The van der Waals surface area contributed by atoms with E-state index in [1.54, 1.807) is 12.1 Å². The molecular formula is C21H25N3O4S. The molecule has 1 saturated heterocycles. The molecule has 0 unspecified atom stereocenters. The van der Waals surface area contributed by atoms with Gasteiger partial charge in [-0.05, 0) is 55.0 Å². The highest BCUT2D eigenvalue weighted by Crippen LogP contribution is 2.21. The highest BCUT2D eigenvalue weighted by molar-refractivity contribution is 7.12. The van der Waals surface area contributed by atoms with Crippen LogP contribution in [-0.2, 0) is 14.3 Å². The van der Waals surface area contributed by atoms with Crippen LogP contribution in [0.4, 0.5) is 11.4 Å². The van der Waals surface area contributed by atoms with Crippen molar-refractivity contribution in [2.75, 3.05) is 36.5 Å². The van der Waals surface area contributed by atoms with E-state index in [1.165, 1.54) is 30.6 Å². The zero-order chi connectivity index (χ0) is 20.5. The highest BCUT2D eigenvalue weighted by Gasteiger charge is 2.12. The standard InChI is InChI=1S/C21H25N3O4S/c25-19(15-28-20(26)10-11-22-21(27)18-5-4-14-29-18)23-16-6-8-17(9-7-16)24-12-2-1-3-13-24/h4-9,14H,1-3,10-13,15H2,(H,22,27)(H,23,25). The van der Waals surface area contributed by atoms with Crippen LogP contribution < -0.4 is 15.5 Å². The number of nitrogens with zero attached hydrogens (tertiary/aromatic N) is 1. The van der Waals surface area contributed by atoms with Crippen LogP contribution in [0.2, 0.25) is 0 Å². The summed E-state index contributed by atoms with van der Waals surface area (Å²) in [6.07, 6.45) is 3.71. The third-order valence-corrected chi connectivity index (χ3v) is 5.46. The molecule has 2 N–H and O–H groups in total. The molecule has 1 aromatic heterocycles. The average Bonchev–Trinajstić information content (AvgIpc) is 3.28. The van der Waals surface area contributed by atoms with Crippen molar-refractivity contribution in [1.82, 2.24) is 5.32 Å². The van der Waals surface area contributed by atoms with E-state index < -0.39 is 11.9 Å². The fourth-order valence-electron chi connectivity index (χ4n) is 3.10. The number of amides is 2. The predicted octanol–water partition coefficient (Wildman–Crippen LogP) is 3.04. The van der Waals surface area contributed by atoms with Crippen LogP contribution in [0.1, 0.15) is 35.4 Å². The summed E-state index contributed by atoms with van der Waals surface area (Å²) in [7, 11) is 0. The van der Waals surface area contributed by atoms with Gasteiger partial charge in [0.1, 0.15) is 0 Å². The fraction of sp³-hybridized carbons (Fsp3) is 0.381. The van der Waals surface area contributed by atoms with Crippen molar-refractivity contribution < 1.29 is 19.1 Å². The van der Waals surface area contributed by atoms with Gasteiger partial charge in [-0.25, -0.2) is 0 Å². The molecule has 2 amide bonds. The predicted molar refractivity (Wildman–Crippen MR) is 113 cm³/mol. The van der Waals surface area contributed by atoms with Crippen LogP contribution in [0.5, 0.6) is 0 Å². The topological polar surface area (TPSA) is 87.7 Å². The molecule has 1 aliphatic heterocycles. The maximum atomic E-state index is 12.0. The van der Waals surface area contributed by atoms with Gasteiger partial charge in [0.15, 0.2) is 6.61 Å². The molecule has 0 atom stereocenters. The van der Waals surface area contributed by atoms with Crippen molar-refractivity contribution in [3.8, 4) is 0 Å². The molecule has 1 aromatic carbocycles. The van der Waals surface area contributed by atoms with Crippen molar-refractivity contribution in [2.45, 2.75) is 25.7 Å². The second-order valence-electron chi connectivity index (χ2n) is 6.79. The van der Waals surface area contributed by atoms with Gasteiger partial charge >= 0.3 is 5.97 Å². The Hall–Kier alpha value is -2.87. The number of nitrogens with one attached hydrogen (secondary N) is 2. The van der Waals surface area contributed by atoms with Gasteiger partial charge in [0.2, 0.25) is 0 Å². The van der Waals surface area contributed by atoms with E-state index in [-0.39, 0.29) is 25.5 Å². The maximum absolute atomic E-state index is 12.0. The van der Waals surface area contributed by atoms with Crippen LogP contribution in [0.3, 0.4) is 0 Å². The minimum absolute atomic E-state index is 0.00886. The Bertz CT molecular complexity index is 815. The molecule has 7 nitrogen and oxygen atoms in total. The molecule has 2 aromatic rings. The summed E-state index contributed by atoms with van der Waals surface area (Å²) >= 11 is 1.33. The summed E-state index contributed by atoms with van der Waals surface area (Å²) in [5.41, 5.74) is 1.81. The van der Waals surface area contributed by atoms with E-state index in [0.717, 1.165) is 18.8 Å². The number of carbonyl (C=O) groups is 3. The molecule has 1 aliphatic rings. The first kappa shape index (κ1) is 20.9. The molecule has 2 heterocycles. The summed E-state index contributed by atoms with van der Waals surface area (Å²) in [5, 5.41) is 7.17. The number of benzene rings is 1. The second kappa shape index (κ2) is 10.6. The summed E-state index contributed by atoms with van der Waals surface area (Å²) in [5.74, 6) is -1.16. The molecule has 0 spiro atoms. The SMILES string of the molecule is O=C(COC(=O)CCNC(=O)c1cccs1)Nc1ccc(N2CCCCC2)cc1. The van der Waals surface area contributed by atoms with Gasteiger partial charge in [-0.15, -0.1) is 11.3 Å². The monoisotopic (exact) mass is 415 g/mol. The first-order valence-corrected chi connectivity index (χ1v) is 10.6. The highest BCUT2D eigenvalue weighted by atomic mass is 32.1. The lowest BCUT2D eigenvalue weighted by molar-refractivity contribution is -0.147. The Morgan fingerprint density at radius 1 is 1.03 bits per heavy atom. The lowest BCUT2D eigenvalue weighted by Gasteiger charge is -2.28. The third kappa shape index (κ3) is 6.60. The van der Waals surface area contributed by atoms with Gasteiger partial charge in [0.05, 0.1) is 11.3 Å². The second-order valence-corrected chi connectivity index (χ2v) is 7.73. The Morgan fingerprint density at radius 2 is 1.79 bits per heavy atom. The summed E-state index contributed by atoms with van der Waals surface area (Å²) in [6.45, 7) is 1.94. The number of hydrogen-bond donors (Lipinski definition) is 2. The Kier molecular flexibility index (Phi) is 7.63. The number of piperidine rings is 1. The molecule has 3 rings (SSSR count). The van der Waals surface area contributed by atoms with Gasteiger partial charge in [-0.3, -0.25) is 14.4 Å². The van der Waals surface area contributed by atoms with Gasteiger partial charge in [0, 0.05) is 31.0 Å². The van der Waals surface area contributed by atoms with Crippen LogP contribution in [-0.4, -0.2) is 44.0 Å². The van der Waals surface area contributed by atoms with E-state index in [9.17, 15) is 14.4 Å². The lowest BCUT2D eigenvalue weighted by Crippen LogP contribution is -2.29. The fourth-order valence-corrected chi connectivity index (χ4v) is 3.74. The largest absolute Gasteiger partial charge is 0.456 e. The summed E-state index contributed by atoms with van der Waals surface area (Å²) < 4.78 is 4.96. The average molecular weight is 416 g/mol. The first-order chi connectivity index (χ1) is 14.1. The lowest BCUT2D eigenvalue weighted by atomic mass is 10.1. The van der Waals surface area contributed by atoms with E-state index in [1.807, 2.05) is 29.6 Å². The minimum Gasteiger partial charge on any atom is -0.456 e. The number of thiophene rings is 1. The molecule has 0 bridgehead atoms. The number of anilines is 2. The van der Waals surface area contributed by atoms with Crippen molar-refractivity contribution in [2.24, 2.45) is 0 Å². The normalized spacial score (nSPS) is 13.6. The van der Waals surface area contributed by atoms with E-state index >= 15 is 0 Å². The van der Waals surface area contributed by atoms with Crippen molar-refractivity contribution >= 4 is 40.5 Å². The Balaban J connectivity index is 1.33. The molecule has 1 fully saturated rings. The zero-order valence-electron chi connectivity index (χ0n) is 16.2. The van der Waals surface area contributed by atoms with Crippen molar-refractivity contribution in [1.29, 1.82) is 0 Å². The third-order valence-electron chi connectivity index (χ3n) is 4.60. The van der Waals surface area contributed by atoms with Crippen LogP contribution >= 0.6 is 11.3 Å². The molecule has 8 heteroatoms. The Morgan fingerprint density at radius 3 is 2.48 bits per heavy atom. The van der Waals surface area contributed by atoms with E-state index in [4.69, 9.17) is 4.74 Å². The van der Waals surface area contributed by atoms with E-state index in [2.05, 4.69) is 15.5 Å². The van der Waals surface area contributed by atoms with Crippen LogP contribution in [0.15, 0.2) is 41.8 Å². The molecule has 29 heavy (non-hydrogen) atoms. The minimum atomic E-state index is -0.535. The number of ether oxygens (including phenoxy) is 1. The van der Waals surface area contributed by atoms with Crippen LogP contribution in [0, 0.1) is 0 Å². The smallest absolute Gasteiger partial charge is 0.308 e. The summed E-state index contributed by atoms with van der Waals surface area (Å²) in [6, 6.07) is 11.2. The Labute approximate surface area is 174 Å². The molecule has 0 saturated carbocycles. The van der Waals surface area contributed by atoms with Gasteiger partial charge in [0.25, 0.3) is 11.8 Å². The summed E-state index contributed by atoms with van der Waals surface area (Å²) in [4.78, 5) is 38.4. The van der Waals surface area contributed by atoms with Crippen LogP contribution in [0.25, 0.3) is 0 Å². The zero-order valence-corrected chi connectivity index (χ0v) is 17.0. The molecular weight excluding hydrogens is 390 g/mol. The van der Waals surface area contributed by atoms with Gasteiger partial charge in [-0.1, -0.05) is 6.07 Å². The molecule has 0 aliphatic carbocycles. The number of carbonyl (C=O) groups excluding carboxylic acids is 3. The van der Waals surface area contributed by atoms with E-state index in [0.29, 0.717) is 10.6 Å². The maximum Gasteiger partial charge on any atom is 0.308 e. The quantitative estimate of drug-likeness (QED) is 0.647. The van der Waals surface area contributed by atoms with Crippen molar-refractivity contribution in [3.63, 3.8) is 0 Å². The number of esters is 1. The molecule has 0 radical (unpaired) electrons.